The molecule has 1 saturated heterocycles. The van der Waals surface area contributed by atoms with E-state index in [1.54, 1.807) is 44.2 Å². The predicted molar refractivity (Wildman–Crippen MR) is 97.2 cm³/mol. The zero-order valence-electron chi connectivity index (χ0n) is 15.4. The van der Waals surface area contributed by atoms with E-state index in [0.29, 0.717) is 22.8 Å². The quantitative estimate of drug-likeness (QED) is 0.597. The summed E-state index contributed by atoms with van der Waals surface area (Å²) in [6, 6.07) is 7.37. The molecule has 0 spiro atoms. The van der Waals surface area contributed by atoms with Crippen LogP contribution in [0.1, 0.15) is 25.2 Å². The number of imide groups is 2. The van der Waals surface area contributed by atoms with Crippen LogP contribution >= 0.6 is 0 Å². The first kappa shape index (κ1) is 17.8. The second kappa shape index (κ2) is 6.88. The summed E-state index contributed by atoms with van der Waals surface area (Å²) in [4.78, 5) is 40.7. The first-order chi connectivity index (χ1) is 13.5. The van der Waals surface area contributed by atoms with Gasteiger partial charge in [-0.1, -0.05) is 6.07 Å². The van der Waals surface area contributed by atoms with Crippen molar-refractivity contribution in [2.75, 3.05) is 6.79 Å². The summed E-state index contributed by atoms with van der Waals surface area (Å²) in [7, 11) is 0. The molecule has 3 heterocycles. The smallest absolute Gasteiger partial charge is 0.334 e. The van der Waals surface area contributed by atoms with Crippen LogP contribution in [0.4, 0.5) is 4.79 Å². The lowest BCUT2D eigenvalue weighted by molar-refractivity contribution is -0.137. The zero-order valence-corrected chi connectivity index (χ0v) is 15.4. The molecule has 0 atom stereocenters. The number of amides is 4. The molecule has 0 bridgehead atoms. The van der Waals surface area contributed by atoms with Crippen LogP contribution in [0.3, 0.4) is 0 Å². The van der Waals surface area contributed by atoms with E-state index >= 15 is 0 Å². The second-order valence-electron chi connectivity index (χ2n) is 6.69. The van der Waals surface area contributed by atoms with Crippen molar-refractivity contribution >= 4 is 23.9 Å². The Kier molecular flexibility index (Phi) is 4.38. The van der Waals surface area contributed by atoms with Crippen molar-refractivity contribution < 1.29 is 28.3 Å². The maximum absolute atomic E-state index is 13.0. The van der Waals surface area contributed by atoms with Crippen LogP contribution in [-0.4, -0.2) is 40.5 Å². The van der Waals surface area contributed by atoms with Gasteiger partial charge in [0.2, 0.25) is 6.79 Å². The molecule has 4 amide bonds. The number of furan rings is 1. The van der Waals surface area contributed by atoms with Gasteiger partial charge in [-0.2, -0.15) is 0 Å². The number of fused-ring (bicyclic) bond motifs is 1. The fourth-order valence-electron chi connectivity index (χ4n) is 3.12. The normalized spacial score (nSPS) is 18.0. The summed E-state index contributed by atoms with van der Waals surface area (Å²) in [5.74, 6) is 0.290. The molecule has 1 aromatic carbocycles. The standard InChI is InChI=1S/C20H18N2O6/c1-12(2)22-19(24)15(8-13-5-6-16-17(9-13)28-11-27-16)18(23)21(20(22)25)10-14-4-3-7-26-14/h3-9,12H,10-11H2,1-2H3/b15-8+. The molecule has 1 fully saturated rings. The average molecular weight is 382 g/mol. The summed E-state index contributed by atoms with van der Waals surface area (Å²) < 4.78 is 15.9. The monoisotopic (exact) mass is 382 g/mol. The lowest BCUT2D eigenvalue weighted by atomic mass is 10.0. The van der Waals surface area contributed by atoms with Crippen molar-refractivity contribution in [2.45, 2.75) is 26.4 Å². The first-order valence-electron chi connectivity index (χ1n) is 8.79. The van der Waals surface area contributed by atoms with Gasteiger partial charge in [-0.05, 0) is 49.8 Å². The number of carbonyl (C=O) groups is 3. The van der Waals surface area contributed by atoms with Crippen LogP contribution in [0.15, 0.2) is 46.6 Å². The number of urea groups is 1. The summed E-state index contributed by atoms with van der Waals surface area (Å²) in [5.41, 5.74) is 0.496. The van der Waals surface area contributed by atoms with Crippen molar-refractivity contribution in [3.05, 3.63) is 53.5 Å². The first-order valence-corrected chi connectivity index (χ1v) is 8.79. The highest BCUT2D eigenvalue weighted by Crippen LogP contribution is 2.33. The van der Waals surface area contributed by atoms with Crippen molar-refractivity contribution in [1.29, 1.82) is 0 Å². The Hall–Kier alpha value is -3.55. The summed E-state index contributed by atoms with van der Waals surface area (Å²) >= 11 is 0. The fourth-order valence-corrected chi connectivity index (χ4v) is 3.12. The number of carbonyl (C=O) groups excluding carboxylic acids is 3. The Balaban J connectivity index is 1.72. The Morgan fingerprint density at radius 1 is 1.07 bits per heavy atom. The third-order valence-electron chi connectivity index (χ3n) is 4.48. The molecule has 144 valence electrons. The largest absolute Gasteiger partial charge is 0.467 e. The van der Waals surface area contributed by atoms with Gasteiger partial charge in [0.25, 0.3) is 11.8 Å². The van der Waals surface area contributed by atoms with E-state index in [2.05, 4.69) is 0 Å². The van der Waals surface area contributed by atoms with Gasteiger partial charge >= 0.3 is 6.03 Å². The van der Waals surface area contributed by atoms with Gasteiger partial charge in [0.15, 0.2) is 11.5 Å². The molecule has 8 nitrogen and oxygen atoms in total. The van der Waals surface area contributed by atoms with E-state index in [0.717, 1.165) is 9.80 Å². The highest BCUT2D eigenvalue weighted by atomic mass is 16.7. The molecular formula is C20H18N2O6. The van der Waals surface area contributed by atoms with E-state index in [-0.39, 0.29) is 18.9 Å². The molecule has 28 heavy (non-hydrogen) atoms. The highest BCUT2D eigenvalue weighted by Gasteiger charge is 2.43. The predicted octanol–water partition coefficient (Wildman–Crippen LogP) is 2.79. The minimum Gasteiger partial charge on any atom is -0.467 e. The van der Waals surface area contributed by atoms with E-state index in [1.807, 2.05) is 0 Å². The second-order valence-corrected chi connectivity index (χ2v) is 6.69. The van der Waals surface area contributed by atoms with Crippen LogP contribution in [-0.2, 0) is 16.1 Å². The molecule has 8 heteroatoms. The molecule has 0 saturated carbocycles. The minimum atomic E-state index is -0.666. The van der Waals surface area contributed by atoms with Crippen molar-refractivity contribution in [3.63, 3.8) is 0 Å². The van der Waals surface area contributed by atoms with Crippen LogP contribution in [0.2, 0.25) is 0 Å². The lowest BCUT2D eigenvalue weighted by Gasteiger charge is -2.35. The zero-order chi connectivity index (χ0) is 19.8. The number of nitrogens with zero attached hydrogens (tertiary/aromatic N) is 2. The molecule has 0 radical (unpaired) electrons. The topological polar surface area (TPSA) is 89.3 Å². The van der Waals surface area contributed by atoms with Gasteiger partial charge in [-0.3, -0.25) is 19.4 Å². The maximum atomic E-state index is 13.0. The van der Waals surface area contributed by atoms with Crippen LogP contribution < -0.4 is 9.47 Å². The van der Waals surface area contributed by atoms with E-state index < -0.39 is 23.9 Å². The third-order valence-corrected chi connectivity index (χ3v) is 4.48. The van der Waals surface area contributed by atoms with E-state index in [9.17, 15) is 14.4 Å². The molecule has 2 aliphatic rings. The van der Waals surface area contributed by atoms with Gasteiger partial charge in [0, 0.05) is 6.04 Å². The molecule has 0 unspecified atom stereocenters. The Labute approximate surface area is 160 Å². The molecule has 4 rings (SSSR count). The Morgan fingerprint density at radius 2 is 1.86 bits per heavy atom. The summed E-state index contributed by atoms with van der Waals surface area (Å²) in [5, 5.41) is 0. The van der Waals surface area contributed by atoms with Gasteiger partial charge in [0.05, 0.1) is 12.8 Å². The highest BCUT2D eigenvalue weighted by molar-refractivity contribution is 6.31. The molecule has 2 aliphatic heterocycles. The van der Waals surface area contributed by atoms with Gasteiger partial charge in [-0.15, -0.1) is 0 Å². The Bertz CT molecular complexity index is 977. The number of ether oxygens (including phenoxy) is 2. The summed E-state index contributed by atoms with van der Waals surface area (Å²) in [6.07, 6.45) is 2.92. The van der Waals surface area contributed by atoms with Gasteiger partial charge in [-0.25, -0.2) is 4.79 Å². The van der Waals surface area contributed by atoms with Gasteiger partial charge < -0.3 is 13.9 Å². The molecule has 1 aromatic heterocycles. The van der Waals surface area contributed by atoms with Crippen LogP contribution in [0.5, 0.6) is 11.5 Å². The molecule has 0 N–H and O–H groups in total. The number of barbiturate groups is 1. The van der Waals surface area contributed by atoms with E-state index in [4.69, 9.17) is 13.9 Å². The average Bonchev–Trinajstić information content (AvgIpc) is 3.33. The minimum absolute atomic E-state index is 0.0559. The van der Waals surface area contributed by atoms with Crippen molar-refractivity contribution in [3.8, 4) is 11.5 Å². The van der Waals surface area contributed by atoms with Crippen LogP contribution in [0, 0.1) is 0 Å². The third kappa shape index (κ3) is 3.02. The lowest BCUT2D eigenvalue weighted by Crippen LogP contribution is -2.57. The fraction of sp³-hybridized carbons (Fsp3) is 0.250. The van der Waals surface area contributed by atoms with Crippen molar-refractivity contribution in [2.24, 2.45) is 0 Å². The summed E-state index contributed by atoms with van der Waals surface area (Å²) in [6.45, 7) is 3.50. The number of hydrogen-bond acceptors (Lipinski definition) is 6. The van der Waals surface area contributed by atoms with Gasteiger partial charge in [0.1, 0.15) is 11.3 Å². The number of hydrogen-bond donors (Lipinski definition) is 0. The van der Waals surface area contributed by atoms with E-state index in [1.165, 1.54) is 12.3 Å². The maximum Gasteiger partial charge on any atom is 0.334 e. The number of rotatable bonds is 4. The number of benzene rings is 1. The SMILES string of the molecule is CC(C)N1C(=O)/C(=C/c2ccc3c(c2)OCO3)C(=O)N(Cc2ccco2)C1=O. The molecule has 0 aliphatic carbocycles. The molecular weight excluding hydrogens is 364 g/mol. The van der Waals surface area contributed by atoms with Crippen LogP contribution in [0.25, 0.3) is 6.08 Å². The molecule has 2 aromatic rings. The Morgan fingerprint density at radius 3 is 2.57 bits per heavy atom. The van der Waals surface area contributed by atoms with Crippen molar-refractivity contribution in [1.82, 2.24) is 9.80 Å².